The predicted octanol–water partition coefficient (Wildman–Crippen LogP) is 1.72. The summed E-state index contributed by atoms with van der Waals surface area (Å²) in [6, 6.07) is 5.30. The van der Waals surface area contributed by atoms with Gasteiger partial charge in [0.2, 0.25) is 5.95 Å². The number of rotatable bonds is 9. The molecule has 0 aliphatic rings. The van der Waals surface area contributed by atoms with E-state index >= 15 is 0 Å². The number of nitrogens with one attached hydrogen (secondary N) is 1. The molecule has 1 unspecified atom stereocenters. The van der Waals surface area contributed by atoms with Crippen LogP contribution in [0.3, 0.4) is 0 Å². The average molecular weight is 488 g/mol. The van der Waals surface area contributed by atoms with E-state index in [0.29, 0.717) is 34.5 Å². The fraction of sp³-hybridized carbons (Fsp3) is 0.300. The Hall–Kier alpha value is -3.94. The van der Waals surface area contributed by atoms with Gasteiger partial charge in [-0.3, -0.25) is 14.0 Å². The average Bonchev–Trinajstić information content (AvgIpc) is 3.45. The highest BCUT2D eigenvalue weighted by atomic mass is 32.2. The van der Waals surface area contributed by atoms with Crippen molar-refractivity contribution < 1.29 is 18.1 Å². The van der Waals surface area contributed by atoms with Crippen LogP contribution in [0.25, 0.3) is 17.2 Å². The summed E-state index contributed by atoms with van der Waals surface area (Å²) in [4.78, 5) is 7.86. The molecule has 0 radical (unpaired) electrons. The normalized spacial score (nSPS) is 12.9. The van der Waals surface area contributed by atoms with E-state index in [1.165, 1.54) is 18.9 Å². The van der Waals surface area contributed by atoms with Gasteiger partial charge in [0, 0.05) is 13.5 Å². The van der Waals surface area contributed by atoms with E-state index in [0.717, 1.165) is 12.4 Å². The molecule has 34 heavy (non-hydrogen) atoms. The van der Waals surface area contributed by atoms with Crippen molar-refractivity contribution in [2.24, 2.45) is 7.05 Å². The SMILES string of the molecule is COc1cccc(OC)c1-n1c(NS(=O)[C@H](C)Cc2ncc(F)cn2)nnc1-c1cn(C)nn1. The molecule has 0 bridgehead atoms. The Bertz CT molecular complexity index is 1290. The van der Waals surface area contributed by atoms with Gasteiger partial charge in [0.1, 0.15) is 34.0 Å². The molecule has 0 saturated carbocycles. The maximum absolute atomic E-state index is 13.1. The minimum atomic E-state index is -1.63. The minimum Gasteiger partial charge on any atom is -0.494 e. The number of ether oxygens (including phenoxy) is 2. The molecule has 12 nitrogen and oxygen atoms in total. The van der Waals surface area contributed by atoms with Crippen LogP contribution in [0.2, 0.25) is 0 Å². The van der Waals surface area contributed by atoms with Crippen LogP contribution in [-0.2, 0) is 24.5 Å². The van der Waals surface area contributed by atoms with Crippen molar-refractivity contribution in [2.75, 3.05) is 18.9 Å². The van der Waals surface area contributed by atoms with Crippen molar-refractivity contribution >= 4 is 16.9 Å². The van der Waals surface area contributed by atoms with Gasteiger partial charge in [0.05, 0.1) is 38.1 Å². The summed E-state index contributed by atoms with van der Waals surface area (Å²) in [5.41, 5.74) is 0.932. The second-order valence-corrected chi connectivity index (χ2v) is 8.81. The topological polar surface area (TPSA) is 135 Å². The molecule has 4 aromatic rings. The van der Waals surface area contributed by atoms with E-state index in [9.17, 15) is 8.60 Å². The maximum Gasteiger partial charge on any atom is 0.241 e. The summed E-state index contributed by atoms with van der Waals surface area (Å²) < 4.78 is 43.4. The Kier molecular flexibility index (Phi) is 6.77. The minimum absolute atomic E-state index is 0.175. The van der Waals surface area contributed by atoms with Crippen LogP contribution in [0, 0.1) is 5.82 Å². The van der Waals surface area contributed by atoms with Crippen LogP contribution in [0.15, 0.2) is 36.8 Å². The largest absolute Gasteiger partial charge is 0.494 e. The predicted molar refractivity (Wildman–Crippen MR) is 121 cm³/mol. The van der Waals surface area contributed by atoms with Crippen molar-refractivity contribution in [3.05, 3.63) is 48.4 Å². The van der Waals surface area contributed by atoms with E-state index in [4.69, 9.17) is 9.47 Å². The Labute approximate surface area is 196 Å². The van der Waals surface area contributed by atoms with Crippen molar-refractivity contribution in [1.29, 1.82) is 0 Å². The van der Waals surface area contributed by atoms with E-state index in [2.05, 4.69) is 35.2 Å². The first kappa shape index (κ1) is 23.2. The molecule has 0 spiro atoms. The first-order valence-electron chi connectivity index (χ1n) is 10.1. The number of benzene rings is 1. The summed E-state index contributed by atoms with van der Waals surface area (Å²) >= 11 is 0. The number of hydrogen-bond donors (Lipinski definition) is 1. The number of para-hydroxylation sites is 1. The Morgan fingerprint density at radius 2 is 1.79 bits per heavy atom. The molecular weight excluding hydrogens is 465 g/mol. The van der Waals surface area contributed by atoms with Gasteiger partial charge in [-0.05, 0) is 19.1 Å². The van der Waals surface area contributed by atoms with Gasteiger partial charge in [0.25, 0.3) is 0 Å². The van der Waals surface area contributed by atoms with Crippen molar-refractivity contribution in [2.45, 2.75) is 18.6 Å². The molecule has 1 N–H and O–H groups in total. The van der Waals surface area contributed by atoms with Gasteiger partial charge in [-0.15, -0.1) is 15.3 Å². The third-order valence-electron chi connectivity index (χ3n) is 4.82. The highest BCUT2D eigenvalue weighted by Gasteiger charge is 2.26. The smallest absolute Gasteiger partial charge is 0.241 e. The highest BCUT2D eigenvalue weighted by molar-refractivity contribution is 7.86. The highest BCUT2D eigenvalue weighted by Crippen LogP contribution is 2.37. The van der Waals surface area contributed by atoms with E-state index in [1.54, 1.807) is 42.9 Å². The van der Waals surface area contributed by atoms with E-state index in [1.807, 2.05) is 0 Å². The van der Waals surface area contributed by atoms with Crippen molar-refractivity contribution in [3.8, 4) is 28.7 Å². The number of hydrogen-bond acceptors (Lipinski definition) is 9. The maximum atomic E-state index is 13.1. The van der Waals surface area contributed by atoms with Crippen LogP contribution in [0.4, 0.5) is 10.3 Å². The first-order chi connectivity index (χ1) is 16.4. The van der Waals surface area contributed by atoms with Crippen LogP contribution in [-0.4, -0.2) is 63.4 Å². The molecule has 0 amide bonds. The van der Waals surface area contributed by atoms with Crippen LogP contribution in [0.5, 0.6) is 11.5 Å². The summed E-state index contributed by atoms with van der Waals surface area (Å²) in [6.07, 6.45) is 4.08. The molecule has 0 aliphatic heterocycles. The summed E-state index contributed by atoms with van der Waals surface area (Å²) in [5.74, 6) is 1.30. The van der Waals surface area contributed by atoms with Gasteiger partial charge >= 0.3 is 0 Å². The van der Waals surface area contributed by atoms with Gasteiger partial charge in [0.15, 0.2) is 17.3 Å². The van der Waals surface area contributed by atoms with Crippen LogP contribution in [0.1, 0.15) is 12.7 Å². The van der Waals surface area contributed by atoms with Crippen molar-refractivity contribution in [3.63, 3.8) is 0 Å². The van der Waals surface area contributed by atoms with Gasteiger partial charge in [-0.25, -0.2) is 18.6 Å². The second kappa shape index (κ2) is 9.91. The van der Waals surface area contributed by atoms with Crippen molar-refractivity contribution in [1.82, 2.24) is 39.7 Å². The van der Waals surface area contributed by atoms with Crippen LogP contribution < -0.4 is 14.2 Å². The van der Waals surface area contributed by atoms with Gasteiger partial charge in [-0.1, -0.05) is 11.3 Å². The van der Waals surface area contributed by atoms with Crippen LogP contribution >= 0.6 is 0 Å². The number of nitrogens with zero attached hydrogens (tertiary/aromatic N) is 8. The second-order valence-electron chi connectivity index (χ2n) is 7.20. The quantitative estimate of drug-likeness (QED) is 0.374. The molecule has 4 rings (SSSR count). The molecule has 1 aromatic carbocycles. The molecular formula is C20H22FN9O3S. The van der Waals surface area contributed by atoms with E-state index < -0.39 is 22.1 Å². The molecule has 2 atom stereocenters. The Morgan fingerprint density at radius 3 is 2.38 bits per heavy atom. The lowest BCUT2D eigenvalue weighted by molar-refractivity contribution is 0.391. The first-order valence-corrected chi connectivity index (χ1v) is 11.3. The van der Waals surface area contributed by atoms with Gasteiger partial charge in [-0.2, -0.15) is 0 Å². The molecule has 0 saturated heterocycles. The number of methoxy groups -OCH3 is 2. The monoisotopic (exact) mass is 487 g/mol. The lowest BCUT2D eigenvalue weighted by Gasteiger charge is -2.18. The molecule has 0 aliphatic carbocycles. The molecule has 3 aromatic heterocycles. The molecule has 14 heteroatoms. The molecule has 3 heterocycles. The zero-order chi connectivity index (χ0) is 24.2. The number of aryl methyl sites for hydroxylation is 1. The third kappa shape index (κ3) is 4.71. The zero-order valence-electron chi connectivity index (χ0n) is 18.8. The molecule has 0 fully saturated rings. The lowest BCUT2D eigenvalue weighted by atomic mass is 10.2. The zero-order valence-corrected chi connectivity index (χ0v) is 19.7. The number of halogens is 1. The Morgan fingerprint density at radius 1 is 1.12 bits per heavy atom. The number of anilines is 1. The standard InChI is InChI=1S/C20H22FN9O3S/c1-12(8-17-22-9-13(21)10-23-17)34(31)27-20-26-25-19(14-11-29(2)28-24-14)30(20)18-15(32-3)6-5-7-16(18)33-4/h5-7,9-12H,8H2,1-4H3,(H,26,27)/t12-,34?/m1/s1. The number of aromatic nitrogens is 8. The third-order valence-corrected chi connectivity index (χ3v) is 6.10. The Balaban J connectivity index is 1.73. The van der Waals surface area contributed by atoms with Gasteiger partial charge < -0.3 is 9.47 Å². The summed E-state index contributed by atoms with van der Waals surface area (Å²) in [7, 11) is 3.16. The van der Waals surface area contributed by atoms with E-state index in [-0.39, 0.29) is 12.4 Å². The molecule has 178 valence electrons. The summed E-state index contributed by atoms with van der Waals surface area (Å²) in [5, 5.41) is 16.1. The fourth-order valence-corrected chi connectivity index (χ4v) is 4.01. The lowest BCUT2D eigenvalue weighted by Crippen LogP contribution is -2.23. The summed E-state index contributed by atoms with van der Waals surface area (Å²) in [6.45, 7) is 1.75. The fourth-order valence-electron chi connectivity index (χ4n) is 3.20.